The van der Waals surface area contributed by atoms with Gasteiger partial charge in [0.05, 0.1) is 16.4 Å². The number of halogens is 1. The number of para-hydroxylation sites is 1. The van der Waals surface area contributed by atoms with Gasteiger partial charge in [-0.3, -0.25) is 14.4 Å². The maximum atomic E-state index is 14.3. The number of hydrogen-bond acceptors (Lipinski definition) is 7. The fourth-order valence-electron chi connectivity index (χ4n) is 6.10. The third-order valence-corrected chi connectivity index (χ3v) is 9.14. The molecular formula is C36H43BrN4O7. The van der Waals surface area contributed by atoms with Gasteiger partial charge in [0, 0.05) is 41.9 Å². The second kappa shape index (κ2) is 15.5. The highest BCUT2D eigenvalue weighted by Gasteiger charge is 2.33. The van der Waals surface area contributed by atoms with E-state index in [0.29, 0.717) is 17.4 Å². The van der Waals surface area contributed by atoms with Crippen LogP contribution in [-0.4, -0.2) is 69.0 Å². The van der Waals surface area contributed by atoms with Gasteiger partial charge in [-0.15, -0.1) is 0 Å². The average Bonchev–Trinajstić information content (AvgIpc) is 3.33. The van der Waals surface area contributed by atoms with E-state index in [2.05, 4.69) is 31.5 Å². The molecule has 0 saturated carbocycles. The molecule has 0 saturated heterocycles. The number of aromatic amines is 1. The van der Waals surface area contributed by atoms with Crippen molar-refractivity contribution < 1.29 is 34.1 Å². The second-order valence-electron chi connectivity index (χ2n) is 12.7. The first-order valence-electron chi connectivity index (χ1n) is 15.9. The molecule has 2 aromatic carbocycles. The monoisotopic (exact) mass is 722 g/mol. The third kappa shape index (κ3) is 8.85. The molecule has 1 aliphatic rings. The predicted molar refractivity (Wildman–Crippen MR) is 187 cm³/mol. The molecule has 3 aromatic rings. The number of cyclic esters (lactones) is 1. The molecule has 0 unspecified atom stereocenters. The number of H-pyrrole nitrogens is 1. The molecule has 5 atom stereocenters. The molecular weight excluding hydrogens is 680 g/mol. The molecule has 11 nitrogen and oxygen atoms in total. The lowest BCUT2D eigenvalue weighted by molar-refractivity contribution is -0.142. The Morgan fingerprint density at radius 1 is 1.00 bits per heavy atom. The van der Waals surface area contributed by atoms with Crippen LogP contribution in [0, 0.1) is 11.8 Å². The molecule has 48 heavy (non-hydrogen) atoms. The minimum atomic E-state index is -1.16. The number of allylic oxidation sites excluding steroid dienone is 2. The lowest BCUT2D eigenvalue weighted by atomic mass is 9.95. The maximum Gasteiger partial charge on any atom is 0.333 e. The fraction of sp³-hybridized carbons (Fsp3) is 0.389. The van der Waals surface area contributed by atoms with Gasteiger partial charge in [0.15, 0.2) is 0 Å². The third-order valence-electron chi connectivity index (χ3n) is 8.46. The second-order valence-corrected chi connectivity index (χ2v) is 13.5. The summed E-state index contributed by atoms with van der Waals surface area (Å²) in [5, 5.41) is 27.3. The molecule has 3 amide bonds. The van der Waals surface area contributed by atoms with E-state index in [1.54, 1.807) is 20.8 Å². The zero-order valence-electron chi connectivity index (χ0n) is 28.0. The van der Waals surface area contributed by atoms with E-state index < -0.39 is 41.9 Å². The molecule has 4 rings (SSSR count). The number of hydrogen-bond donors (Lipinski definition) is 5. The summed E-state index contributed by atoms with van der Waals surface area (Å²) < 4.78 is 6.29. The maximum absolute atomic E-state index is 14.3. The normalized spacial score (nSPS) is 26.2. The van der Waals surface area contributed by atoms with Crippen LogP contribution in [0.4, 0.5) is 0 Å². The number of rotatable bonds is 3. The number of esters is 1. The van der Waals surface area contributed by atoms with Crippen LogP contribution in [0.2, 0.25) is 0 Å². The minimum absolute atomic E-state index is 0.0159. The SMILES string of the molecule is C/C1=C\[C@H](C)C[C@H](C)OC(=O)/C=C(/c2cc(O)ccc2O)NC(=O)[C@@H](Cc2c(Br)[nH]c3ccccc23)N(C)C(=O)[C@H](C)NC(=O)[C@@H](C)C1. The highest BCUT2D eigenvalue weighted by molar-refractivity contribution is 9.10. The Labute approximate surface area is 288 Å². The van der Waals surface area contributed by atoms with E-state index in [1.165, 1.54) is 30.1 Å². The summed E-state index contributed by atoms with van der Waals surface area (Å²) in [5.74, 6) is -3.19. The van der Waals surface area contributed by atoms with Crippen molar-refractivity contribution in [3.05, 3.63) is 75.9 Å². The van der Waals surface area contributed by atoms with E-state index in [0.717, 1.165) is 28.1 Å². The summed E-state index contributed by atoms with van der Waals surface area (Å²) in [4.78, 5) is 59.0. The van der Waals surface area contributed by atoms with Crippen molar-refractivity contribution in [1.82, 2.24) is 20.5 Å². The number of nitrogens with one attached hydrogen (secondary N) is 3. The van der Waals surface area contributed by atoms with Crippen LogP contribution in [0.5, 0.6) is 11.5 Å². The van der Waals surface area contributed by atoms with Crippen LogP contribution in [0.1, 0.15) is 58.6 Å². The van der Waals surface area contributed by atoms with Crippen molar-refractivity contribution in [2.24, 2.45) is 11.8 Å². The summed E-state index contributed by atoms with van der Waals surface area (Å²) >= 11 is 3.56. The van der Waals surface area contributed by atoms with Gasteiger partial charge >= 0.3 is 5.97 Å². The summed E-state index contributed by atoms with van der Waals surface area (Å²) in [6, 6.07) is 9.11. The van der Waals surface area contributed by atoms with Crippen LogP contribution >= 0.6 is 15.9 Å². The van der Waals surface area contributed by atoms with E-state index in [-0.39, 0.29) is 41.0 Å². The van der Waals surface area contributed by atoms with Crippen LogP contribution in [0.15, 0.2) is 64.8 Å². The summed E-state index contributed by atoms with van der Waals surface area (Å²) in [5.41, 5.74) is 2.37. The topological polar surface area (TPSA) is 161 Å². The van der Waals surface area contributed by atoms with Gasteiger partial charge in [-0.1, -0.05) is 43.7 Å². The van der Waals surface area contributed by atoms with E-state index in [1.807, 2.05) is 44.2 Å². The summed E-state index contributed by atoms with van der Waals surface area (Å²) in [6.45, 7) is 9.03. The molecule has 256 valence electrons. The largest absolute Gasteiger partial charge is 0.508 e. The minimum Gasteiger partial charge on any atom is -0.508 e. The van der Waals surface area contributed by atoms with Gasteiger partial charge in [-0.2, -0.15) is 0 Å². The molecule has 12 heteroatoms. The number of aromatic hydroxyl groups is 2. The number of likely N-dealkylation sites (N-methyl/N-ethyl adjacent to an activating group) is 1. The van der Waals surface area contributed by atoms with E-state index in [4.69, 9.17) is 4.74 Å². The first kappa shape index (κ1) is 36.3. The Bertz CT molecular complexity index is 1760. The molecule has 0 fully saturated rings. The van der Waals surface area contributed by atoms with Crippen molar-refractivity contribution in [2.45, 2.75) is 72.1 Å². The molecule has 0 bridgehead atoms. The molecule has 1 aliphatic heterocycles. The van der Waals surface area contributed by atoms with Crippen molar-refractivity contribution >= 4 is 56.2 Å². The highest BCUT2D eigenvalue weighted by Crippen LogP contribution is 2.31. The molecule has 0 radical (unpaired) electrons. The van der Waals surface area contributed by atoms with Crippen molar-refractivity contribution in [3.8, 4) is 11.5 Å². The molecule has 1 aromatic heterocycles. The highest BCUT2D eigenvalue weighted by atomic mass is 79.9. The number of phenolic OH excluding ortho intramolecular Hbond substituents is 2. The van der Waals surface area contributed by atoms with Crippen LogP contribution in [0.25, 0.3) is 16.6 Å². The van der Waals surface area contributed by atoms with Gasteiger partial charge in [0.2, 0.25) is 17.7 Å². The quantitative estimate of drug-likeness (QED) is 0.139. The number of phenols is 2. The zero-order valence-corrected chi connectivity index (χ0v) is 29.6. The Morgan fingerprint density at radius 2 is 1.71 bits per heavy atom. The zero-order chi connectivity index (χ0) is 35.3. The lowest BCUT2D eigenvalue weighted by Crippen LogP contribution is -2.54. The number of aromatic nitrogens is 1. The van der Waals surface area contributed by atoms with Gasteiger partial charge in [0.1, 0.15) is 23.6 Å². The average molecular weight is 724 g/mol. The number of amides is 3. The van der Waals surface area contributed by atoms with Crippen molar-refractivity contribution in [2.75, 3.05) is 7.05 Å². The number of carbonyl (C=O) groups excluding carboxylic acids is 4. The summed E-state index contributed by atoms with van der Waals surface area (Å²) in [7, 11) is 1.48. The number of ether oxygens (including phenoxy) is 1. The van der Waals surface area contributed by atoms with Gasteiger partial charge < -0.3 is 35.5 Å². The Morgan fingerprint density at radius 3 is 2.44 bits per heavy atom. The molecule has 2 heterocycles. The molecule has 0 spiro atoms. The standard InChI is InChI=1S/C36H43BrN4O7/c1-19-13-20(2)15-22(4)48-32(44)18-29(27-16-24(42)11-12-31(27)43)40-35(46)30(17-26-25-9-7-8-10-28(25)39-33(26)37)41(6)36(47)23(5)38-34(45)21(3)14-19/h7-13,16,18,20-23,30,39,42-43H,14-15,17H2,1-6H3,(H,38,45)(H,40,46)/b19-13+,29-18-/t20-,21-,22-,23-,30+/m0/s1. The molecule has 5 N–H and O–H groups in total. The summed E-state index contributed by atoms with van der Waals surface area (Å²) in [6.07, 6.45) is 3.58. The first-order valence-corrected chi connectivity index (χ1v) is 16.7. The van der Waals surface area contributed by atoms with Crippen molar-refractivity contribution in [1.29, 1.82) is 0 Å². The van der Waals surface area contributed by atoms with Crippen LogP contribution in [0.3, 0.4) is 0 Å². The van der Waals surface area contributed by atoms with Crippen LogP contribution < -0.4 is 10.6 Å². The number of nitrogens with zero attached hydrogens (tertiary/aromatic N) is 1. The van der Waals surface area contributed by atoms with Gasteiger partial charge in [0.25, 0.3) is 0 Å². The number of fused-ring (bicyclic) bond motifs is 1. The van der Waals surface area contributed by atoms with Crippen molar-refractivity contribution in [3.63, 3.8) is 0 Å². The Balaban J connectivity index is 1.81. The van der Waals surface area contributed by atoms with Gasteiger partial charge in [-0.05, 0) is 85.3 Å². The molecule has 0 aliphatic carbocycles. The number of carbonyl (C=O) groups is 4. The van der Waals surface area contributed by atoms with Crippen LogP contribution in [-0.2, 0) is 30.3 Å². The Kier molecular flexibility index (Phi) is 11.7. The van der Waals surface area contributed by atoms with E-state index in [9.17, 15) is 29.4 Å². The first-order chi connectivity index (χ1) is 22.6. The smallest absolute Gasteiger partial charge is 0.333 e. The predicted octanol–water partition coefficient (Wildman–Crippen LogP) is 5.32. The fourth-order valence-corrected chi connectivity index (χ4v) is 6.69. The van der Waals surface area contributed by atoms with Gasteiger partial charge in [-0.25, -0.2) is 4.79 Å². The number of benzene rings is 2. The van der Waals surface area contributed by atoms with E-state index >= 15 is 0 Å². The lowest BCUT2D eigenvalue weighted by Gasteiger charge is -2.30. The Hall–Kier alpha value is -4.58.